The van der Waals surface area contributed by atoms with E-state index in [0.717, 1.165) is 9.75 Å². The van der Waals surface area contributed by atoms with Crippen LogP contribution < -0.4 is 10.0 Å². The number of ether oxygens (including phenoxy) is 1. The maximum absolute atomic E-state index is 12.1. The van der Waals surface area contributed by atoms with Gasteiger partial charge in [0.15, 0.2) is 0 Å². The van der Waals surface area contributed by atoms with Crippen molar-refractivity contribution in [1.29, 1.82) is 0 Å². The molecule has 0 fully saturated rings. The molecule has 104 valence electrons. The fourth-order valence-corrected chi connectivity index (χ4v) is 4.18. The molecule has 0 bridgehead atoms. The molecule has 0 radical (unpaired) electrons. The number of sulfonamides is 1. The van der Waals surface area contributed by atoms with E-state index in [-0.39, 0.29) is 0 Å². The van der Waals surface area contributed by atoms with E-state index in [1.165, 1.54) is 11.3 Å². The van der Waals surface area contributed by atoms with E-state index >= 15 is 0 Å². The van der Waals surface area contributed by atoms with Crippen molar-refractivity contribution in [2.75, 3.05) is 26.8 Å². The maximum atomic E-state index is 12.1. The van der Waals surface area contributed by atoms with Crippen molar-refractivity contribution < 1.29 is 13.2 Å². The van der Waals surface area contributed by atoms with Gasteiger partial charge < -0.3 is 10.1 Å². The van der Waals surface area contributed by atoms with Crippen molar-refractivity contribution in [1.82, 2.24) is 10.0 Å². The third-order valence-corrected chi connectivity index (χ3v) is 5.07. The van der Waals surface area contributed by atoms with Crippen LogP contribution in [-0.2, 0) is 21.3 Å². The summed E-state index contributed by atoms with van der Waals surface area (Å²) in [6.07, 6.45) is 0. The summed E-state index contributed by atoms with van der Waals surface area (Å²) >= 11 is 1.50. The number of hydrogen-bond acceptors (Lipinski definition) is 5. The average molecular weight is 292 g/mol. The van der Waals surface area contributed by atoms with Crippen LogP contribution in [-0.4, -0.2) is 35.2 Å². The fraction of sp³-hybridized carbons (Fsp3) is 0.636. The van der Waals surface area contributed by atoms with Crippen LogP contribution in [0.15, 0.2) is 11.0 Å². The van der Waals surface area contributed by atoms with E-state index < -0.39 is 10.0 Å². The van der Waals surface area contributed by atoms with Crippen LogP contribution in [0.4, 0.5) is 0 Å². The van der Waals surface area contributed by atoms with E-state index in [1.54, 1.807) is 6.07 Å². The number of hydrogen-bond donors (Lipinski definition) is 2. The van der Waals surface area contributed by atoms with Crippen LogP contribution in [0.3, 0.4) is 0 Å². The Morgan fingerprint density at radius 3 is 2.78 bits per heavy atom. The normalized spacial score (nSPS) is 11.9. The number of rotatable bonds is 8. The van der Waals surface area contributed by atoms with Crippen molar-refractivity contribution in [3.63, 3.8) is 0 Å². The molecule has 0 saturated heterocycles. The summed E-state index contributed by atoms with van der Waals surface area (Å²) < 4.78 is 31.8. The molecule has 18 heavy (non-hydrogen) atoms. The molecular formula is C11H20N2O3S2. The molecule has 7 heteroatoms. The van der Waals surface area contributed by atoms with Crippen molar-refractivity contribution in [3.05, 3.63) is 15.8 Å². The molecule has 0 amide bonds. The largest absolute Gasteiger partial charge is 0.380 e. The molecule has 1 aromatic heterocycles. The van der Waals surface area contributed by atoms with Crippen molar-refractivity contribution in [2.45, 2.75) is 25.3 Å². The Morgan fingerprint density at radius 2 is 2.17 bits per heavy atom. The molecule has 0 saturated carbocycles. The predicted octanol–water partition coefficient (Wildman–Crippen LogP) is 1.09. The Morgan fingerprint density at radius 1 is 1.44 bits per heavy atom. The summed E-state index contributed by atoms with van der Waals surface area (Å²) in [5.41, 5.74) is 0. The highest BCUT2D eigenvalue weighted by atomic mass is 32.2. The minimum Gasteiger partial charge on any atom is -0.380 e. The van der Waals surface area contributed by atoms with E-state index in [4.69, 9.17) is 4.74 Å². The van der Waals surface area contributed by atoms with Gasteiger partial charge in [0, 0.05) is 29.5 Å². The van der Waals surface area contributed by atoms with Gasteiger partial charge in [-0.25, -0.2) is 13.1 Å². The lowest BCUT2D eigenvalue weighted by molar-refractivity contribution is 0.153. The van der Waals surface area contributed by atoms with E-state index in [9.17, 15) is 8.42 Å². The number of thiophene rings is 1. The van der Waals surface area contributed by atoms with Gasteiger partial charge in [0.1, 0.15) is 0 Å². The second-order valence-corrected chi connectivity index (χ2v) is 6.83. The van der Waals surface area contributed by atoms with Gasteiger partial charge in [0.25, 0.3) is 0 Å². The standard InChI is InChI=1S/C11H20N2O3S2/c1-4-16-6-5-13-18(14,15)11-7-10(8-12-3)17-9(11)2/h7,12-13H,4-6,8H2,1-3H3. The molecule has 2 N–H and O–H groups in total. The summed E-state index contributed by atoms with van der Waals surface area (Å²) in [6, 6.07) is 1.72. The van der Waals surface area contributed by atoms with Gasteiger partial charge >= 0.3 is 0 Å². The van der Waals surface area contributed by atoms with Crippen LogP contribution >= 0.6 is 11.3 Å². The second kappa shape index (κ2) is 7.20. The molecule has 1 heterocycles. The lowest BCUT2D eigenvalue weighted by atomic mass is 10.4. The highest BCUT2D eigenvalue weighted by Gasteiger charge is 2.19. The summed E-state index contributed by atoms with van der Waals surface area (Å²) in [5, 5.41) is 3.01. The summed E-state index contributed by atoms with van der Waals surface area (Å²) in [4.78, 5) is 2.19. The molecule has 0 aliphatic carbocycles. The third kappa shape index (κ3) is 4.33. The second-order valence-electron chi connectivity index (χ2n) is 3.76. The van der Waals surface area contributed by atoms with Gasteiger partial charge in [-0.1, -0.05) is 0 Å². The van der Waals surface area contributed by atoms with Crippen molar-refractivity contribution in [2.24, 2.45) is 0 Å². The predicted molar refractivity (Wildman–Crippen MR) is 73.5 cm³/mol. The maximum Gasteiger partial charge on any atom is 0.241 e. The Hall–Kier alpha value is -0.470. The third-order valence-electron chi connectivity index (χ3n) is 2.31. The minimum absolute atomic E-state index is 0.298. The Bertz CT molecular complexity index is 469. The first-order valence-corrected chi connectivity index (χ1v) is 8.12. The van der Waals surface area contributed by atoms with Crippen LogP contribution in [0.1, 0.15) is 16.7 Å². The summed E-state index contributed by atoms with van der Waals surface area (Å²) in [5.74, 6) is 0. The molecule has 0 aliphatic heterocycles. The zero-order chi connectivity index (χ0) is 13.6. The first kappa shape index (κ1) is 15.6. The Balaban J connectivity index is 2.72. The number of aryl methyl sites for hydroxylation is 1. The van der Waals surface area contributed by atoms with E-state index in [2.05, 4.69) is 10.0 Å². The van der Waals surface area contributed by atoms with Gasteiger partial charge in [0.05, 0.1) is 11.5 Å². The van der Waals surface area contributed by atoms with Crippen LogP contribution in [0.25, 0.3) is 0 Å². The molecule has 1 aromatic rings. The number of nitrogens with one attached hydrogen (secondary N) is 2. The van der Waals surface area contributed by atoms with Crippen molar-refractivity contribution in [3.8, 4) is 0 Å². The minimum atomic E-state index is -3.42. The van der Waals surface area contributed by atoms with Crippen LogP contribution in [0.2, 0.25) is 0 Å². The molecule has 0 unspecified atom stereocenters. The summed E-state index contributed by atoms with van der Waals surface area (Å²) in [6.45, 7) is 5.66. The lowest BCUT2D eigenvalue weighted by Crippen LogP contribution is -2.27. The topological polar surface area (TPSA) is 67.4 Å². The lowest BCUT2D eigenvalue weighted by Gasteiger charge is -2.05. The zero-order valence-electron chi connectivity index (χ0n) is 10.9. The van der Waals surface area contributed by atoms with Crippen LogP contribution in [0.5, 0.6) is 0 Å². The Labute approximate surface area is 113 Å². The highest BCUT2D eigenvalue weighted by Crippen LogP contribution is 2.25. The first-order valence-electron chi connectivity index (χ1n) is 5.82. The monoisotopic (exact) mass is 292 g/mol. The summed E-state index contributed by atoms with van der Waals surface area (Å²) in [7, 11) is -1.58. The van der Waals surface area contributed by atoms with E-state index in [0.29, 0.717) is 31.2 Å². The van der Waals surface area contributed by atoms with Crippen molar-refractivity contribution >= 4 is 21.4 Å². The van der Waals surface area contributed by atoms with Gasteiger partial charge in [-0.2, -0.15) is 0 Å². The van der Waals surface area contributed by atoms with Crippen LogP contribution in [0, 0.1) is 6.92 Å². The molecule has 0 atom stereocenters. The molecular weight excluding hydrogens is 272 g/mol. The highest BCUT2D eigenvalue weighted by molar-refractivity contribution is 7.89. The molecule has 0 aliphatic rings. The fourth-order valence-electron chi connectivity index (χ4n) is 1.52. The quantitative estimate of drug-likeness (QED) is 0.704. The SMILES string of the molecule is CCOCCNS(=O)(=O)c1cc(CNC)sc1C. The van der Waals surface area contributed by atoms with Gasteiger partial charge in [-0.15, -0.1) is 11.3 Å². The molecule has 0 aromatic carbocycles. The van der Waals surface area contributed by atoms with Gasteiger partial charge in [0.2, 0.25) is 10.0 Å². The molecule has 0 spiro atoms. The average Bonchev–Trinajstić information content (AvgIpc) is 2.67. The first-order chi connectivity index (χ1) is 8.51. The van der Waals surface area contributed by atoms with Gasteiger partial charge in [-0.05, 0) is 27.0 Å². The smallest absolute Gasteiger partial charge is 0.241 e. The molecule has 1 rings (SSSR count). The van der Waals surface area contributed by atoms with Gasteiger partial charge in [-0.3, -0.25) is 0 Å². The Kier molecular flexibility index (Phi) is 6.24. The molecule has 5 nitrogen and oxygen atoms in total. The zero-order valence-corrected chi connectivity index (χ0v) is 12.6. The van der Waals surface area contributed by atoms with E-state index in [1.807, 2.05) is 20.9 Å².